The molecule has 1 heterocycles. The largest absolute Gasteiger partial charge is 0.490 e. The highest BCUT2D eigenvalue weighted by atomic mass is 32.1. The molecule has 0 bridgehead atoms. The predicted octanol–water partition coefficient (Wildman–Crippen LogP) is 3.40. The van der Waals surface area contributed by atoms with E-state index in [1.54, 1.807) is 29.5 Å². The Kier molecular flexibility index (Phi) is 5.49. The number of hydrogen-bond acceptors (Lipinski definition) is 4. The fourth-order valence-corrected chi connectivity index (χ4v) is 2.51. The Morgan fingerprint density at radius 1 is 1.35 bits per heavy atom. The molecule has 2 aromatic rings. The number of benzene rings is 1. The standard InChI is InChI=1S/C15H19FN2OS/c1-11(2)17-9-12-10-18-15(20-12)7-8-19-14-6-4-3-5-13(14)16/h3-6,10-11,17H,7-9H2,1-2H3. The van der Waals surface area contributed by atoms with Gasteiger partial charge in [-0.1, -0.05) is 26.0 Å². The molecular weight excluding hydrogens is 275 g/mol. The van der Waals surface area contributed by atoms with Crippen LogP contribution in [-0.2, 0) is 13.0 Å². The molecule has 108 valence electrons. The van der Waals surface area contributed by atoms with Crippen LogP contribution >= 0.6 is 11.3 Å². The van der Waals surface area contributed by atoms with Gasteiger partial charge in [-0.3, -0.25) is 0 Å². The van der Waals surface area contributed by atoms with Crippen LogP contribution in [-0.4, -0.2) is 17.6 Å². The summed E-state index contributed by atoms with van der Waals surface area (Å²) in [6.07, 6.45) is 2.58. The molecule has 0 radical (unpaired) electrons. The lowest BCUT2D eigenvalue weighted by Gasteiger charge is -2.05. The van der Waals surface area contributed by atoms with Crippen LogP contribution in [0.4, 0.5) is 4.39 Å². The van der Waals surface area contributed by atoms with Gasteiger partial charge in [0.2, 0.25) is 0 Å². The summed E-state index contributed by atoms with van der Waals surface area (Å²) >= 11 is 1.67. The lowest BCUT2D eigenvalue weighted by molar-refractivity contribution is 0.305. The molecule has 0 saturated heterocycles. The van der Waals surface area contributed by atoms with Crippen molar-refractivity contribution >= 4 is 11.3 Å². The number of hydrogen-bond donors (Lipinski definition) is 1. The molecule has 0 saturated carbocycles. The molecule has 20 heavy (non-hydrogen) atoms. The molecule has 0 fully saturated rings. The van der Waals surface area contributed by atoms with Crippen LogP contribution < -0.4 is 10.1 Å². The van der Waals surface area contributed by atoms with E-state index in [9.17, 15) is 4.39 Å². The van der Waals surface area contributed by atoms with Crippen LogP contribution in [0.15, 0.2) is 30.5 Å². The molecular formula is C15H19FN2OS. The van der Waals surface area contributed by atoms with E-state index in [-0.39, 0.29) is 5.82 Å². The van der Waals surface area contributed by atoms with Gasteiger partial charge in [-0.15, -0.1) is 11.3 Å². The number of nitrogens with one attached hydrogen (secondary N) is 1. The van der Waals surface area contributed by atoms with Gasteiger partial charge in [0.1, 0.15) is 0 Å². The van der Waals surface area contributed by atoms with Crippen LogP contribution in [0.2, 0.25) is 0 Å². The maximum atomic E-state index is 13.3. The molecule has 0 amide bonds. The molecule has 3 nitrogen and oxygen atoms in total. The Labute approximate surface area is 122 Å². The van der Waals surface area contributed by atoms with Crippen LogP contribution in [0.5, 0.6) is 5.75 Å². The van der Waals surface area contributed by atoms with Crippen molar-refractivity contribution in [3.05, 3.63) is 46.2 Å². The summed E-state index contributed by atoms with van der Waals surface area (Å²) in [4.78, 5) is 5.56. The van der Waals surface area contributed by atoms with Gasteiger partial charge in [0.25, 0.3) is 0 Å². The van der Waals surface area contributed by atoms with Crippen LogP contribution in [0.3, 0.4) is 0 Å². The molecule has 0 atom stereocenters. The quantitative estimate of drug-likeness (QED) is 0.850. The van der Waals surface area contributed by atoms with Crippen molar-refractivity contribution in [1.29, 1.82) is 0 Å². The molecule has 0 aliphatic heterocycles. The van der Waals surface area contributed by atoms with Crippen molar-refractivity contribution in [3.8, 4) is 5.75 Å². The summed E-state index contributed by atoms with van der Waals surface area (Å²) in [6.45, 7) is 5.50. The molecule has 1 N–H and O–H groups in total. The summed E-state index contributed by atoms with van der Waals surface area (Å²) < 4.78 is 18.8. The van der Waals surface area contributed by atoms with Crippen molar-refractivity contribution in [3.63, 3.8) is 0 Å². The van der Waals surface area contributed by atoms with Gasteiger partial charge < -0.3 is 10.1 Å². The normalized spacial score (nSPS) is 11.0. The molecule has 0 spiro atoms. The van der Waals surface area contributed by atoms with Gasteiger partial charge in [-0.25, -0.2) is 9.37 Å². The van der Waals surface area contributed by atoms with E-state index in [4.69, 9.17) is 4.74 Å². The van der Waals surface area contributed by atoms with E-state index in [1.807, 2.05) is 6.20 Å². The number of nitrogens with zero attached hydrogens (tertiary/aromatic N) is 1. The molecule has 1 aromatic carbocycles. The van der Waals surface area contributed by atoms with Gasteiger partial charge in [-0.05, 0) is 12.1 Å². The maximum Gasteiger partial charge on any atom is 0.165 e. The maximum absolute atomic E-state index is 13.3. The van der Waals surface area contributed by atoms with E-state index >= 15 is 0 Å². The van der Waals surface area contributed by atoms with Crippen LogP contribution in [0.1, 0.15) is 23.7 Å². The minimum atomic E-state index is -0.325. The lowest BCUT2D eigenvalue weighted by atomic mass is 10.3. The molecule has 0 unspecified atom stereocenters. The third-order valence-corrected chi connectivity index (χ3v) is 3.75. The fraction of sp³-hybridized carbons (Fsp3) is 0.400. The average Bonchev–Trinajstić information content (AvgIpc) is 2.87. The first-order chi connectivity index (χ1) is 9.65. The SMILES string of the molecule is CC(C)NCc1cnc(CCOc2ccccc2F)s1. The number of para-hydroxylation sites is 1. The topological polar surface area (TPSA) is 34.2 Å². The van der Waals surface area contributed by atoms with Crippen LogP contribution in [0.25, 0.3) is 0 Å². The second kappa shape index (κ2) is 7.36. The monoisotopic (exact) mass is 294 g/mol. The minimum absolute atomic E-state index is 0.297. The molecule has 0 aliphatic carbocycles. The van der Waals surface area contributed by atoms with E-state index in [0.717, 1.165) is 11.6 Å². The minimum Gasteiger partial charge on any atom is -0.490 e. The number of rotatable bonds is 7. The zero-order valence-corrected chi connectivity index (χ0v) is 12.5. The van der Waals surface area contributed by atoms with Crippen molar-refractivity contribution in [1.82, 2.24) is 10.3 Å². The lowest BCUT2D eigenvalue weighted by Crippen LogP contribution is -2.21. The predicted molar refractivity (Wildman–Crippen MR) is 79.7 cm³/mol. The van der Waals surface area contributed by atoms with Gasteiger partial charge >= 0.3 is 0 Å². The zero-order valence-electron chi connectivity index (χ0n) is 11.7. The van der Waals surface area contributed by atoms with Crippen molar-refractivity contribution in [2.24, 2.45) is 0 Å². The van der Waals surface area contributed by atoms with E-state index < -0.39 is 0 Å². The highest BCUT2D eigenvalue weighted by molar-refractivity contribution is 7.11. The zero-order chi connectivity index (χ0) is 14.4. The third-order valence-electron chi connectivity index (χ3n) is 2.70. The second-order valence-electron chi connectivity index (χ2n) is 4.78. The Morgan fingerprint density at radius 3 is 2.90 bits per heavy atom. The first kappa shape index (κ1) is 14.9. The third kappa shape index (κ3) is 4.58. The second-order valence-corrected chi connectivity index (χ2v) is 5.98. The van der Waals surface area contributed by atoms with Gasteiger partial charge in [0.15, 0.2) is 11.6 Å². The summed E-state index contributed by atoms with van der Waals surface area (Å²) in [5, 5.41) is 4.37. The van der Waals surface area contributed by atoms with E-state index in [1.165, 1.54) is 10.9 Å². The number of halogens is 1. The first-order valence-electron chi connectivity index (χ1n) is 6.69. The van der Waals surface area contributed by atoms with Crippen molar-refractivity contribution < 1.29 is 9.13 Å². The summed E-state index contributed by atoms with van der Waals surface area (Å²) in [7, 11) is 0. The highest BCUT2D eigenvalue weighted by Gasteiger charge is 2.05. The average molecular weight is 294 g/mol. The summed E-state index contributed by atoms with van der Waals surface area (Å²) in [5.74, 6) is -0.0285. The first-order valence-corrected chi connectivity index (χ1v) is 7.51. The summed E-state index contributed by atoms with van der Waals surface area (Å²) in [6, 6.07) is 6.91. The van der Waals surface area contributed by atoms with Crippen molar-refractivity contribution in [2.75, 3.05) is 6.61 Å². The van der Waals surface area contributed by atoms with Gasteiger partial charge in [0, 0.05) is 30.1 Å². The molecule has 1 aromatic heterocycles. The van der Waals surface area contributed by atoms with Crippen LogP contribution in [0, 0.1) is 5.82 Å². The molecule has 5 heteroatoms. The Balaban J connectivity index is 1.78. The number of aromatic nitrogens is 1. The Hall–Kier alpha value is -1.46. The number of ether oxygens (including phenoxy) is 1. The highest BCUT2D eigenvalue weighted by Crippen LogP contribution is 2.17. The Morgan fingerprint density at radius 2 is 2.15 bits per heavy atom. The molecule has 2 rings (SSSR count). The van der Waals surface area contributed by atoms with Gasteiger partial charge in [-0.2, -0.15) is 0 Å². The summed E-state index contributed by atoms with van der Waals surface area (Å²) in [5.41, 5.74) is 0. The van der Waals surface area contributed by atoms with Crippen molar-refractivity contribution in [2.45, 2.75) is 32.9 Å². The van der Waals surface area contributed by atoms with E-state index in [2.05, 4.69) is 24.1 Å². The Bertz CT molecular complexity index is 542. The van der Waals surface area contributed by atoms with E-state index in [0.29, 0.717) is 24.8 Å². The smallest absolute Gasteiger partial charge is 0.165 e. The molecule has 0 aliphatic rings. The fourth-order valence-electron chi connectivity index (χ4n) is 1.66. The van der Waals surface area contributed by atoms with Gasteiger partial charge in [0.05, 0.1) is 11.6 Å². The number of thiazole rings is 1.